The van der Waals surface area contributed by atoms with Crippen molar-refractivity contribution in [3.05, 3.63) is 21.3 Å². The number of esters is 1. The number of hydrogen-bond donors (Lipinski definition) is 2. The Balaban J connectivity index is 1.69. The van der Waals surface area contributed by atoms with Gasteiger partial charge in [-0.25, -0.2) is 9.59 Å². The Kier molecular flexibility index (Phi) is 5.58. The van der Waals surface area contributed by atoms with E-state index in [9.17, 15) is 14.4 Å². The lowest BCUT2D eigenvalue weighted by Gasteiger charge is -2.12. The molecule has 21 heavy (non-hydrogen) atoms. The van der Waals surface area contributed by atoms with Crippen molar-refractivity contribution in [2.45, 2.75) is 31.7 Å². The quantitative estimate of drug-likeness (QED) is 0.830. The number of urea groups is 1. The molecule has 0 bridgehead atoms. The van der Waals surface area contributed by atoms with Crippen LogP contribution in [0.25, 0.3) is 0 Å². The highest BCUT2D eigenvalue weighted by Crippen LogP contribution is 2.21. The summed E-state index contributed by atoms with van der Waals surface area (Å²) < 4.78 is 5.26. The second-order valence-corrected chi connectivity index (χ2v) is 6.40. The number of thiophene rings is 1. The Morgan fingerprint density at radius 1 is 1.29 bits per heavy atom. The molecule has 1 aliphatic carbocycles. The van der Waals surface area contributed by atoms with Crippen molar-refractivity contribution in [1.29, 1.82) is 0 Å². The van der Waals surface area contributed by atoms with Crippen LogP contribution in [0.15, 0.2) is 12.1 Å². The van der Waals surface area contributed by atoms with E-state index in [2.05, 4.69) is 10.6 Å². The summed E-state index contributed by atoms with van der Waals surface area (Å²) in [5.41, 5.74) is 0. The van der Waals surface area contributed by atoms with Gasteiger partial charge in [0.2, 0.25) is 0 Å². The van der Waals surface area contributed by atoms with Gasteiger partial charge in [-0.3, -0.25) is 10.1 Å². The molecule has 1 aromatic heterocycles. The Morgan fingerprint density at radius 2 is 2.00 bits per heavy atom. The van der Waals surface area contributed by atoms with Crippen molar-refractivity contribution in [2.24, 2.45) is 0 Å². The zero-order valence-corrected chi connectivity index (χ0v) is 12.8. The predicted molar refractivity (Wildman–Crippen MR) is 78.5 cm³/mol. The third kappa shape index (κ3) is 5.02. The average Bonchev–Trinajstić information content (AvgIpc) is 3.07. The van der Waals surface area contributed by atoms with Gasteiger partial charge in [-0.2, -0.15) is 0 Å². The fourth-order valence-corrected chi connectivity index (χ4v) is 3.02. The average molecular weight is 331 g/mol. The summed E-state index contributed by atoms with van der Waals surface area (Å²) in [7, 11) is 0. The van der Waals surface area contributed by atoms with Crippen LogP contribution in [0, 0.1) is 0 Å². The van der Waals surface area contributed by atoms with Crippen molar-refractivity contribution < 1.29 is 19.1 Å². The molecule has 0 aromatic carbocycles. The lowest BCUT2D eigenvalue weighted by molar-refractivity contribution is -0.123. The smallest absolute Gasteiger partial charge is 0.348 e. The number of nitrogens with one attached hydrogen (secondary N) is 2. The molecule has 6 nitrogen and oxygen atoms in total. The van der Waals surface area contributed by atoms with Gasteiger partial charge in [-0.05, 0) is 25.0 Å². The van der Waals surface area contributed by atoms with Crippen molar-refractivity contribution in [1.82, 2.24) is 10.6 Å². The SMILES string of the molecule is O=C(COC(=O)c1ccc(Cl)s1)NC(=O)NC1CCCC1. The molecule has 2 N–H and O–H groups in total. The fraction of sp³-hybridized carbons (Fsp3) is 0.462. The van der Waals surface area contributed by atoms with Crippen LogP contribution in [0.5, 0.6) is 0 Å². The molecule has 2 rings (SSSR count). The molecule has 1 saturated carbocycles. The van der Waals surface area contributed by atoms with E-state index in [0.717, 1.165) is 37.0 Å². The van der Waals surface area contributed by atoms with Gasteiger partial charge in [0.05, 0.1) is 4.34 Å². The summed E-state index contributed by atoms with van der Waals surface area (Å²) in [6.07, 6.45) is 4.02. The molecular weight excluding hydrogens is 316 g/mol. The van der Waals surface area contributed by atoms with Crippen LogP contribution in [0.1, 0.15) is 35.4 Å². The first-order chi connectivity index (χ1) is 10.0. The summed E-state index contributed by atoms with van der Waals surface area (Å²) in [5, 5.41) is 4.84. The van der Waals surface area contributed by atoms with Crippen LogP contribution >= 0.6 is 22.9 Å². The lowest BCUT2D eigenvalue weighted by Crippen LogP contribution is -2.44. The normalized spacial score (nSPS) is 14.7. The molecule has 1 fully saturated rings. The van der Waals surface area contributed by atoms with Crippen molar-refractivity contribution in [2.75, 3.05) is 6.61 Å². The summed E-state index contributed by atoms with van der Waals surface area (Å²) in [5.74, 6) is -1.31. The number of amides is 3. The van der Waals surface area contributed by atoms with Gasteiger partial charge >= 0.3 is 12.0 Å². The summed E-state index contributed by atoms with van der Waals surface area (Å²) in [6.45, 7) is -0.508. The van der Waals surface area contributed by atoms with E-state index in [1.165, 1.54) is 6.07 Å². The number of rotatable bonds is 4. The number of imide groups is 1. The molecule has 1 aromatic rings. The molecule has 0 saturated heterocycles. The molecule has 0 spiro atoms. The Labute approximate surface area is 130 Å². The molecule has 3 amide bonds. The topological polar surface area (TPSA) is 84.5 Å². The number of hydrogen-bond acceptors (Lipinski definition) is 5. The van der Waals surface area contributed by atoms with Crippen LogP contribution < -0.4 is 10.6 Å². The molecule has 1 aliphatic rings. The monoisotopic (exact) mass is 330 g/mol. The van der Waals surface area contributed by atoms with Gasteiger partial charge in [-0.1, -0.05) is 24.4 Å². The third-order valence-corrected chi connectivity index (χ3v) is 4.26. The molecular formula is C13H15ClN2O4S. The van der Waals surface area contributed by atoms with Gasteiger partial charge < -0.3 is 10.1 Å². The zero-order valence-electron chi connectivity index (χ0n) is 11.2. The first kappa shape index (κ1) is 15.8. The molecule has 0 atom stereocenters. The van der Waals surface area contributed by atoms with Gasteiger partial charge in [0, 0.05) is 6.04 Å². The van der Waals surface area contributed by atoms with E-state index in [4.69, 9.17) is 16.3 Å². The Morgan fingerprint density at radius 3 is 2.62 bits per heavy atom. The maximum absolute atomic E-state index is 11.6. The number of ether oxygens (including phenoxy) is 1. The molecule has 1 heterocycles. The number of halogens is 1. The minimum absolute atomic E-state index is 0.119. The maximum atomic E-state index is 11.6. The minimum Gasteiger partial charge on any atom is -0.451 e. The highest BCUT2D eigenvalue weighted by molar-refractivity contribution is 7.17. The lowest BCUT2D eigenvalue weighted by atomic mass is 10.2. The van der Waals surface area contributed by atoms with E-state index in [1.807, 2.05) is 0 Å². The molecule has 8 heteroatoms. The van der Waals surface area contributed by atoms with Crippen LogP contribution in [0.4, 0.5) is 4.79 Å². The van der Waals surface area contributed by atoms with E-state index in [0.29, 0.717) is 9.21 Å². The number of carbonyl (C=O) groups excluding carboxylic acids is 3. The maximum Gasteiger partial charge on any atom is 0.348 e. The van der Waals surface area contributed by atoms with Crippen LogP contribution in [-0.2, 0) is 9.53 Å². The van der Waals surface area contributed by atoms with Crippen LogP contribution in [-0.4, -0.2) is 30.6 Å². The fourth-order valence-electron chi connectivity index (χ4n) is 2.08. The van der Waals surface area contributed by atoms with Crippen molar-refractivity contribution >= 4 is 40.8 Å². The van der Waals surface area contributed by atoms with Gasteiger partial charge in [0.25, 0.3) is 5.91 Å². The molecule has 0 unspecified atom stereocenters. The van der Waals surface area contributed by atoms with E-state index in [1.54, 1.807) is 6.07 Å². The number of carbonyl (C=O) groups is 3. The van der Waals surface area contributed by atoms with E-state index in [-0.39, 0.29) is 6.04 Å². The van der Waals surface area contributed by atoms with Gasteiger partial charge in [0.15, 0.2) is 6.61 Å². The van der Waals surface area contributed by atoms with Crippen molar-refractivity contribution in [3.63, 3.8) is 0 Å². The Hall–Kier alpha value is -1.60. The van der Waals surface area contributed by atoms with Gasteiger partial charge in [-0.15, -0.1) is 11.3 Å². The zero-order chi connectivity index (χ0) is 15.2. The predicted octanol–water partition coefficient (Wildman–Crippen LogP) is 2.33. The minimum atomic E-state index is -0.665. The highest BCUT2D eigenvalue weighted by Gasteiger charge is 2.19. The molecule has 114 valence electrons. The standard InChI is InChI=1S/C13H15ClN2O4S/c14-10-6-5-9(21-10)12(18)20-7-11(17)16-13(19)15-8-3-1-2-4-8/h5-6,8H,1-4,7H2,(H2,15,16,17,19). The van der Waals surface area contributed by atoms with E-state index >= 15 is 0 Å². The Bertz CT molecular complexity index is 540. The second kappa shape index (κ2) is 7.42. The van der Waals surface area contributed by atoms with Gasteiger partial charge in [0.1, 0.15) is 4.88 Å². The largest absolute Gasteiger partial charge is 0.451 e. The third-order valence-electron chi connectivity index (χ3n) is 3.05. The van der Waals surface area contributed by atoms with Crippen LogP contribution in [0.3, 0.4) is 0 Å². The highest BCUT2D eigenvalue weighted by atomic mass is 35.5. The first-order valence-corrected chi connectivity index (χ1v) is 7.77. The van der Waals surface area contributed by atoms with Crippen molar-refractivity contribution in [3.8, 4) is 0 Å². The van der Waals surface area contributed by atoms with Crippen LogP contribution in [0.2, 0.25) is 4.34 Å². The summed E-state index contributed by atoms with van der Waals surface area (Å²) >= 11 is 6.76. The second-order valence-electron chi connectivity index (χ2n) is 4.68. The molecule has 0 radical (unpaired) electrons. The van der Waals surface area contributed by atoms with E-state index < -0.39 is 24.5 Å². The summed E-state index contributed by atoms with van der Waals surface area (Å²) in [4.78, 5) is 34.9. The summed E-state index contributed by atoms with van der Waals surface area (Å²) in [6, 6.07) is 2.65. The first-order valence-electron chi connectivity index (χ1n) is 6.57. The molecule has 0 aliphatic heterocycles.